The molecule has 0 unspecified atom stereocenters. The molecule has 0 radical (unpaired) electrons. The van der Waals surface area contributed by atoms with Crippen LogP contribution in [-0.4, -0.2) is 31.7 Å². The molecule has 3 aromatic rings. The van der Waals surface area contributed by atoms with Gasteiger partial charge in [-0.1, -0.05) is 12.1 Å². The second kappa shape index (κ2) is 7.04. The maximum absolute atomic E-state index is 12.5. The number of nitrogens with one attached hydrogen (secondary N) is 1. The summed E-state index contributed by atoms with van der Waals surface area (Å²) >= 11 is 0. The van der Waals surface area contributed by atoms with E-state index in [0.717, 1.165) is 16.7 Å². The molecule has 0 saturated heterocycles. The lowest BCUT2D eigenvalue weighted by molar-refractivity contribution is 0.0948. The van der Waals surface area contributed by atoms with Crippen LogP contribution in [-0.2, 0) is 6.42 Å². The number of hydrogen-bond acceptors (Lipinski definition) is 5. The van der Waals surface area contributed by atoms with E-state index >= 15 is 0 Å². The van der Waals surface area contributed by atoms with E-state index in [0.29, 0.717) is 30.0 Å². The van der Waals surface area contributed by atoms with E-state index in [1.807, 2.05) is 18.2 Å². The minimum atomic E-state index is -0.231. The Morgan fingerprint density at radius 1 is 1.17 bits per heavy atom. The lowest BCUT2D eigenvalue weighted by Crippen LogP contribution is -2.26. The zero-order chi connectivity index (χ0) is 16.9. The first-order valence-corrected chi connectivity index (χ1v) is 7.54. The number of aromatic nitrogens is 1. The van der Waals surface area contributed by atoms with Gasteiger partial charge in [-0.05, 0) is 36.2 Å². The minimum absolute atomic E-state index is 0.231. The van der Waals surface area contributed by atoms with Crippen LogP contribution in [0.2, 0.25) is 0 Å². The number of carbonyl (C=O) groups excluding carboxylic acids is 1. The highest BCUT2D eigenvalue weighted by Gasteiger charge is 2.17. The molecule has 3 rings (SSSR count). The summed E-state index contributed by atoms with van der Waals surface area (Å²) in [7, 11) is 3.05. The maximum atomic E-state index is 12.5. The smallest absolute Gasteiger partial charge is 0.258 e. The summed E-state index contributed by atoms with van der Waals surface area (Å²) in [6, 6.07) is 11.0. The molecule has 1 aromatic heterocycles. The summed E-state index contributed by atoms with van der Waals surface area (Å²) in [5.74, 6) is 0.731. The van der Waals surface area contributed by atoms with E-state index in [1.54, 1.807) is 18.2 Å². The molecule has 0 aliphatic carbocycles. The van der Waals surface area contributed by atoms with E-state index in [-0.39, 0.29) is 5.91 Å². The molecule has 1 heterocycles. The Hall–Kier alpha value is -3.02. The summed E-state index contributed by atoms with van der Waals surface area (Å²) in [5.41, 5.74) is 3.02. The molecule has 1 amide bonds. The molecule has 0 fully saturated rings. The van der Waals surface area contributed by atoms with Gasteiger partial charge in [0.25, 0.3) is 5.91 Å². The van der Waals surface area contributed by atoms with Crippen molar-refractivity contribution in [2.24, 2.45) is 0 Å². The number of oxazole rings is 1. The van der Waals surface area contributed by atoms with Crippen molar-refractivity contribution in [1.82, 2.24) is 10.3 Å². The fourth-order valence-corrected chi connectivity index (χ4v) is 2.54. The first-order chi connectivity index (χ1) is 11.7. The van der Waals surface area contributed by atoms with Crippen LogP contribution in [0.5, 0.6) is 11.5 Å². The maximum Gasteiger partial charge on any atom is 0.258 e. The molecule has 0 aliphatic heterocycles. The number of nitrogens with zero attached hydrogens (tertiary/aromatic N) is 1. The average Bonchev–Trinajstić information content (AvgIpc) is 3.08. The van der Waals surface area contributed by atoms with E-state index in [9.17, 15) is 4.79 Å². The standard InChI is InChI=1S/C18H18N2O4/c1-22-14-4-3-5-15(23-2)17(14)18(21)19-9-8-12-6-7-13-16(10-12)24-11-20-13/h3-7,10-11H,8-9H2,1-2H3,(H,19,21). The zero-order valence-corrected chi connectivity index (χ0v) is 13.5. The van der Waals surface area contributed by atoms with Gasteiger partial charge in [0.15, 0.2) is 12.0 Å². The van der Waals surface area contributed by atoms with Gasteiger partial charge in [0.1, 0.15) is 22.6 Å². The molecule has 0 aliphatic rings. The summed E-state index contributed by atoms with van der Waals surface area (Å²) in [6.07, 6.45) is 2.10. The molecule has 6 nitrogen and oxygen atoms in total. The van der Waals surface area contributed by atoms with Crippen molar-refractivity contribution in [3.63, 3.8) is 0 Å². The predicted molar refractivity (Wildman–Crippen MR) is 89.6 cm³/mol. The first kappa shape index (κ1) is 15.9. The minimum Gasteiger partial charge on any atom is -0.496 e. The molecule has 2 aromatic carbocycles. The predicted octanol–water partition coefficient (Wildman–Crippen LogP) is 2.82. The van der Waals surface area contributed by atoms with Gasteiger partial charge in [0.05, 0.1) is 14.2 Å². The number of hydrogen-bond donors (Lipinski definition) is 1. The van der Waals surface area contributed by atoms with Crippen molar-refractivity contribution >= 4 is 17.0 Å². The van der Waals surface area contributed by atoms with E-state index < -0.39 is 0 Å². The van der Waals surface area contributed by atoms with Gasteiger partial charge in [0.2, 0.25) is 0 Å². The van der Waals surface area contributed by atoms with Crippen LogP contribution in [0.1, 0.15) is 15.9 Å². The Morgan fingerprint density at radius 2 is 1.92 bits per heavy atom. The Bertz CT molecular complexity index is 835. The van der Waals surface area contributed by atoms with Gasteiger partial charge < -0.3 is 19.2 Å². The summed E-state index contributed by atoms with van der Waals surface area (Å²) < 4.78 is 15.8. The van der Waals surface area contributed by atoms with Crippen molar-refractivity contribution in [3.05, 3.63) is 53.9 Å². The summed E-state index contributed by atoms with van der Waals surface area (Å²) in [4.78, 5) is 16.5. The quantitative estimate of drug-likeness (QED) is 0.754. The lowest BCUT2D eigenvalue weighted by Gasteiger charge is -2.13. The Labute approximate surface area is 139 Å². The van der Waals surface area contributed by atoms with Crippen molar-refractivity contribution < 1.29 is 18.7 Å². The Balaban J connectivity index is 1.67. The molecule has 0 saturated carbocycles. The Kier molecular flexibility index (Phi) is 4.65. The first-order valence-electron chi connectivity index (χ1n) is 7.54. The highest BCUT2D eigenvalue weighted by molar-refractivity contribution is 5.99. The largest absolute Gasteiger partial charge is 0.496 e. The number of benzene rings is 2. The van der Waals surface area contributed by atoms with Crippen molar-refractivity contribution in [2.45, 2.75) is 6.42 Å². The van der Waals surface area contributed by atoms with Crippen molar-refractivity contribution in [1.29, 1.82) is 0 Å². The van der Waals surface area contributed by atoms with E-state index in [4.69, 9.17) is 13.9 Å². The second-order valence-corrected chi connectivity index (χ2v) is 5.20. The number of carbonyl (C=O) groups is 1. The number of methoxy groups -OCH3 is 2. The van der Waals surface area contributed by atoms with E-state index in [1.165, 1.54) is 20.6 Å². The van der Waals surface area contributed by atoms with Crippen LogP contribution in [0.15, 0.2) is 47.2 Å². The number of rotatable bonds is 6. The third-order valence-electron chi connectivity index (χ3n) is 3.75. The number of fused-ring (bicyclic) bond motifs is 1. The third-order valence-corrected chi connectivity index (χ3v) is 3.75. The van der Waals surface area contributed by atoms with Gasteiger partial charge in [-0.15, -0.1) is 0 Å². The van der Waals surface area contributed by atoms with Crippen LogP contribution in [0.25, 0.3) is 11.1 Å². The van der Waals surface area contributed by atoms with Crippen molar-refractivity contribution in [2.75, 3.05) is 20.8 Å². The summed E-state index contributed by atoms with van der Waals surface area (Å²) in [6.45, 7) is 0.486. The third kappa shape index (κ3) is 3.17. The molecule has 1 N–H and O–H groups in total. The van der Waals surface area contributed by atoms with Crippen LogP contribution in [0, 0.1) is 0 Å². The van der Waals surface area contributed by atoms with Gasteiger partial charge in [-0.25, -0.2) is 4.98 Å². The van der Waals surface area contributed by atoms with Gasteiger partial charge in [-0.3, -0.25) is 4.79 Å². The van der Waals surface area contributed by atoms with Gasteiger partial charge in [0, 0.05) is 6.54 Å². The second-order valence-electron chi connectivity index (χ2n) is 5.20. The topological polar surface area (TPSA) is 73.6 Å². The SMILES string of the molecule is COc1cccc(OC)c1C(=O)NCCc1ccc2ncoc2c1. The fraction of sp³-hybridized carbons (Fsp3) is 0.222. The molecular weight excluding hydrogens is 308 g/mol. The molecular formula is C18H18N2O4. The monoisotopic (exact) mass is 326 g/mol. The van der Waals surface area contributed by atoms with Crippen LogP contribution in [0.4, 0.5) is 0 Å². The van der Waals surface area contributed by atoms with Gasteiger partial charge >= 0.3 is 0 Å². The zero-order valence-electron chi connectivity index (χ0n) is 13.5. The van der Waals surface area contributed by atoms with Crippen LogP contribution >= 0.6 is 0 Å². The summed E-state index contributed by atoms with van der Waals surface area (Å²) in [5, 5.41) is 2.89. The fourth-order valence-electron chi connectivity index (χ4n) is 2.54. The highest BCUT2D eigenvalue weighted by Crippen LogP contribution is 2.27. The molecule has 6 heteroatoms. The highest BCUT2D eigenvalue weighted by atomic mass is 16.5. The normalized spacial score (nSPS) is 10.6. The van der Waals surface area contributed by atoms with Crippen LogP contribution in [0.3, 0.4) is 0 Å². The van der Waals surface area contributed by atoms with Crippen LogP contribution < -0.4 is 14.8 Å². The Morgan fingerprint density at radius 3 is 2.62 bits per heavy atom. The number of amides is 1. The average molecular weight is 326 g/mol. The molecule has 0 bridgehead atoms. The van der Waals surface area contributed by atoms with E-state index in [2.05, 4.69) is 10.3 Å². The molecule has 0 atom stereocenters. The van der Waals surface area contributed by atoms with Crippen molar-refractivity contribution in [3.8, 4) is 11.5 Å². The molecule has 124 valence electrons. The molecule has 24 heavy (non-hydrogen) atoms. The van der Waals surface area contributed by atoms with Gasteiger partial charge in [-0.2, -0.15) is 0 Å². The molecule has 0 spiro atoms. The lowest BCUT2D eigenvalue weighted by atomic mass is 10.1. The number of ether oxygens (including phenoxy) is 2.